The lowest BCUT2D eigenvalue weighted by atomic mass is 9.84. The molecule has 1 heterocycles. The zero-order valence-corrected chi connectivity index (χ0v) is 31.6. The molecule has 9 N–H and O–H groups in total. The van der Waals surface area contributed by atoms with Crippen LogP contribution in [0.1, 0.15) is 81.8 Å². The summed E-state index contributed by atoms with van der Waals surface area (Å²) in [4.78, 5) is 0. The normalized spacial score (nSPS) is 30.8. The molecule has 3 unspecified atom stereocenters. The molecule has 3 aliphatic rings. The van der Waals surface area contributed by atoms with Crippen molar-refractivity contribution in [1.29, 1.82) is 0 Å². The number of hydrogen-bond acceptors (Lipinski definition) is 11. The van der Waals surface area contributed by atoms with Crippen LogP contribution in [0.5, 0.6) is 0 Å². The summed E-state index contributed by atoms with van der Waals surface area (Å²) in [5.74, 6) is -0.952. The van der Waals surface area contributed by atoms with E-state index < -0.39 is 42.7 Å². The molecular weight excluding hydrogens is 692 g/mol. The molecule has 304 valence electrons. The minimum atomic E-state index is -0.897. The van der Waals surface area contributed by atoms with Gasteiger partial charge in [-0.15, -0.1) is 0 Å². The van der Waals surface area contributed by atoms with Gasteiger partial charge in [-0.25, -0.2) is 0 Å². The second-order valence-corrected chi connectivity index (χ2v) is 15.6. The standard InChI is InChI=1S/C24H36O6.C19H30O5/c25-16-18(26)14-21-20(22(27)15-23(21)28)12-11-19(30-24-8-4-5-13-29-24)10-9-17-6-2-1-3-7-17;20-12-15(22)10-17-16(18(23)11-19(17)24)9-8-14(21)7-6-13-4-2-1-3-5-13/h1-3,6-7,11-12,18-28H,4-5,8-10,13-16H2;1-5,14-24H,6-12H2/b12-11+;/t18?,19-,20+,21+,22+,23-,24?;14-,15?,16+,17+,18+,19-/m00/s1. The molecule has 0 amide bonds. The quantitative estimate of drug-likeness (QED) is 0.0955. The van der Waals surface area contributed by atoms with Crippen molar-refractivity contribution in [3.8, 4) is 0 Å². The molecule has 2 saturated carbocycles. The van der Waals surface area contributed by atoms with E-state index in [9.17, 15) is 35.7 Å². The molecule has 13 atom stereocenters. The summed E-state index contributed by atoms with van der Waals surface area (Å²) in [5.41, 5.74) is 2.43. The van der Waals surface area contributed by atoms with Gasteiger partial charge >= 0.3 is 0 Å². The van der Waals surface area contributed by atoms with Crippen molar-refractivity contribution in [2.24, 2.45) is 23.7 Å². The lowest BCUT2D eigenvalue weighted by Gasteiger charge is -2.27. The third-order valence-corrected chi connectivity index (χ3v) is 11.5. The van der Waals surface area contributed by atoms with Crippen LogP contribution in [0.2, 0.25) is 0 Å². The first kappa shape index (κ1) is 44.5. The molecule has 0 bridgehead atoms. The first-order valence-corrected chi connectivity index (χ1v) is 20.1. The average Bonchev–Trinajstić information content (AvgIpc) is 3.61. The molecule has 1 aliphatic heterocycles. The predicted octanol–water partition coefficient (Wildman–Crippen LogP) is 3.05. The third kappa shape index (κ3) is 14.7. The highest BCUT2D eigenvalue weighted by molar-refractivity contribution is 5.16. The van der Waals surface area contributed by atoms with Crippen molar-refractivity contribution >= 4 is 0 Å². The van der Waals surface area contributed by atoms with E-state index in [1.54, 1.807) is 0 Å². The van der Waals surface area contributed by atoms with Gasteiger partial charge in [0.05, 0.1) is 62.0 Å². The van der Waals surface area contributed by atoms with Crippen molar-refractivity contribution < 1.29 is 55.4 Å². The highest BCUT2D eigenvalue weighted by Crippen LogP contribution is 2.39. The van der Waals surface area contributed by atoms with Gasteiger partial charge in [0.1, 0.15) is 0 Å². The van der Waals surface area contributed by atoms with Gasteiger partial charge in [-0.2, -0.15) is 0 Å². The zero-order chi connectivity index (χ0) is 38.9. The van der Waals surface area contributed by atoms with Crippen LogP contribution in [0.25, 0.3) is 0 Å². The van der Waals surface area contributed by atoms with E-state index in [-0.39, 0.29) is 68.5 Å². The SMILES string of the molecule is OCC(O)C[C@@H]1[C@@H](/C=C/[C@H](CCc2ccccc2)OC2CCCCO2)[C@H](O)C[C@@H]1O.OCC(O)C[C@@H]1[C@@H](CC[C@@H](O)CCc2ccccc2)[C@H](O)C[C@@H]1O. The number of hydrogen-bond donors (Lipinski definition) is 9. The van der Waals surface area contributed by atoms with Crippen LogP contribution >= 0.6 is 0 Å². The van der Waals surface area contributed by atoms with E-state index in [0.29, 0.717) is 32.3 Å². The average molecular weight is 759 g/mol. The minimum absolute atomic E-state index is 0.146. The van der Waals surface area contributed by atoms with Gasteiger partial charge in [0.15, 0.2) is 6.29 Å². The highest BCUT2D eigenvalue weighted by atomic mass is 16.7. The fourth-order valence-electron chi connectivity index (χ4n) is 8.33. The van der Waals surface area contributed by atoms with E-state index in [2.05, 4.69) is 12.1 Å². The molecule has 2 aliphatic carbocycles. The van der Waals surface area contributed by atoms with Crippen LogP contribution in [0.3, 0.4) is 0 Å². The summed E-state index contributed by atoms with van der Waals surface area (Å²) in [7, 11) is 0. The molecule has 0 aromatic heterocycles. The smallest absolute Gasteiger partial charge is 0.158 e. The minimum Gasteiger partial charge on any atom is -0.394 e. The zero-order valence-electron chi connectivity index (χ0n) is 31.6. The van der Waals surface area contributed by atoms with Crippen molar-refractivity contribution in [3.05, 3.63) is 83.9 Å². The Hall–Kier alpha value is -2.26. The Kier molecular flexibility index (Phi) is 19.5. The number of rotatable bonds is 19. The third-order valence-electron chi connectivity index (χ3n) is 11.5. The van der Waals surface area contributed by atoms with Crippen molar-refractivity contribution in [2.75, 3.05) is 19.8 Å². The molecule has 2 aromatic rings. The molecule has 11 nitrogen and oxygen atoms in total. The molecular formula is C43H66O11. The van der Waals surface area contributed by atoms with E-state index in [1.807, 2.05) is 60.7 Å². The van der Waals surface area contributed by atoms with Crippen molar-refractivity contribution in [1.82, 2.24) is 0 Å². The summed E-state index contributed by atoms with van der Waals surface area (Å²) < 4.78 is 12.0. The van der Waals surface area contributed by atoms with Gasteiger partial charge in [-0.3, -0.25) is 0 Å². The Bertz CT molecular complexity index is 1290. The molecule has 1 saturated heterocycles. The van der Waals surface area contributed by atoms with Gasteiger partial charge in [0.25, 0.3) is 0 Å². The number of aliphatic hydroxyl groups excluding tert-OH is 9. The van der Waals surface area contributed by atoms with Gasteiger partial charge in [0, 0.05) is 18.9 Å². The Labute approximate surface area is 320 Å². The van der Waals surface area contributed by atoms with Crippen LogP contribution in [0.4, 0.5) is 0 Å². The van der Waals surface area contributed by atoms with Crippen molar-refractivity contribution in [2.45, 2.75) is 139 Å². The maximum absolute atomic E-state index is 10.4. The van der Waals surface area contributed by atoms with Crippen LogP contribution in [-0.4, -0.2) is 121 Å². The first-order chi connectivity index (χ1) is 26.1. The van der Waals surface area contributed by atoms with Crippen LogP contribution < -0.4 is 0 Å². The summed E-state index contributed by atoms with van der Waals surface area (Å²) in [6.07, 6.45) is 7.11. The van der Waals surface area contributed by atoms with Gasteiger partial charge in [0.2, 0.25) is 0 Å². The maximum atomic E-state index is 10.4. The second kappa shape index (κ2) is 23.7. The lowest BCUT2D eigenvalue weighted by Crippen LogP contribution is -2.29. The van der Waals surface area contributed by atoms with E-state index in [1.165, 1.54) is 11.1 Å². The highest BCUT2D eigenvalue weighted by Gasteiger charge is 2.42. The Morgan fingerprint density at radius 3 is 1.80 bits per heavy atom. The Morgan fingerprint density at radius 2 is 1.20 bits per heavy atom. The first-order valence-electron chi connectivity index (χ1n) is 20.1. The lowest BCUT2D eigenvalue weighted by molar-refractivity contribution is -0.179. The summed E-state index contributed by atoms with van der Waals surface area (Å²) >= 11 is 0. The topological polar surface area (TPSA) is 201 Å². The molecule has 3 fully saturated rings. The van der Waals surface area contributed by atoms with Gasteiger partial charge < -0.3 is 55.4 Å². The summed E-state index contributed by atoms with van der Waals surface area (Å²) in [6.45, 7) is 0.0256. The second-order valence-electron chi connectivity index (χ2n) is 15.6. The van der Waals surface area contributed by atoms with E-state index in [0.717, 1.165) is 38.5 Å². The predicted molar refractivity (Wildman–Crippen MR) is 205 cm³/mol. The number of benzene rings is 2. The number of ether oxygens (including phenoxy) is 2. The summed E-state index contributed by atoms with van der Waals surface area (Å²) in [5, 5.41) is 88.8. The largest absolute Gasteiger partial charge is 0.394 e. The van der Waals surface area contributed by atoms with Crippen LogP contribution in [0.15, 0.2) is 72.8 Å². The fourth-order valence-corrected chi connectivity index (χ4v) is 8.33. The van der Waals surface area contributed by atoms with E-state index in [4.69, 9.17) is 19.7 Å². The monoisotopic (exact) mass is 758 g/mol. The number of aryl methyl sites for hydroxylation is 2. The molecule has 0 spiro atoms. The van der Waals surface area contributed by atoms with Crippen LogP contribution in [-0.2, 0) is 22.3 Å². The molecule has 0 radical (unpaired) electrons. The summed E-state index contributed by atoms with van der Waals surface area (Å²) in [6, 6.07) is 20.3. The Balaban J connectivity index is 0.000000247. The molecule has 2 aromatic carbocycles. The van der Waals surface area contributed by atoms with Crippen LogP contribution in [0, 0.1) is 23.7 Å². The number of aliphatic hydroxyl groups is 9. The van der Waals surface area contributed by atoms with E-state index >= 15 is 0 Å². The molecule has 54 heavy (non-hydrogen) atoms. The molecule has 11 heteroatoms. The molecule has 5 rings (SSSR count). The maximum Gasteiger partial charge on any atom is 0.158 e. The fraction of sp³-hybridized carbons (Fsp3) is 0.674. The van der Waals surface area contributed by atoms with Crippen molar-refractivity contribution in [3.63, 3.8) is 0 Å². The van der Waals surface area contributed by atoms with Gasteiger partial charge in [-0.1, -0.05) is 72.8 Å². The van der Waals surface area contributed by atoms with Gasteiger partial charge in [-0.05, 0) is 106 Å². The Morgan fingerprint density at radius 1 is 0.648 bits per heavy atom.